The van der Waals surface area contributed by atoms with E-state index in [-0.39, 0.29) is 5.54 Å². The van der Waals surface area contributed by atoms with E-state index in [2.05, 4.69) is 36.2 Å². The van der Waals surface area contributed by atoms with Gasteiger partial charge in [-0.1, -0.05) is 31.2 Å². The molecule has 1 saturated carbocycles. The summed E-state index contributed by atoms with van der Waals surface area (Å²) in [6.45, 7) is 2.32. The van der Waals surface area contributed by atoms with Crippen molar-refractivity contribution in [3.05, 3.63) is 42.2 Å². The van der Waals surface area contributed by atoms with Gasteiger partial charge >= 0.3 is 0 Å². The Bertz CT molecular complexity index is 549. The molecule has 1 aromatic carbocycles. The van der Waals surface area contributed by atoms with Crippen LogP contribution >= 0.6 is 0 Å². The van der Waals surface area contributed by atoms with Gasteiger partial charge in [0.05, 0.1) is 0 Å². The van der Waals surface area contributed by atoms with E-state index in [1.165, 1.54) is 29.2 Å². The molecule has 2 nitrogen and oxygen atoms in total. The van der Waals surface area contributed by atoms with E-state index in [4.69, 9.17) is 5.73 Å². The SMILES string of the molecule is CC1CCC(N)(c2cncc3ccccc23)CC1. The molecule has 0 amide bonds. The van der Waals surface area contributed by atoms with Crippen LogP contribution in [-0.4, -0.2) is 4.98 Å². The average Bonchev–Trinajstić information content (AvgIpc) is 2.42. The van der Waals surface area contributed by atoms with Crippen molar-refractivity contribution in [3.63, 3.8) is 0 Å². The molecule has 0 bridgehead atoms. The molecule has 94 valence electrons. The normalized spacial score (nSPS) is 28.4. The summed E-state index contributed by atoms with van der Waals surface area (Å²) in [4.78, 5) is 4.37. The van der Waals surface area contributed by atoms with Crippen LogP contribution in [0.1, 0.15) is 38.2 Å². The monoisotopic (exact) mass is 240 g/mol. The fourth-order valence-corrected chi connectivity index (χ4v) is 3.06. The van der Waals surface area contributed by atoms with E-state index in [9.17, 15) is 0 Å². The lowest BCUT2D eigenvalue weighted by Crippen LogP contribution is -2.40. The van der Waals surface area contributed by atoms with Gasteiger partial charge in [0, 0.05) is 23.3 Å². The molecule has 1 aliphatic carbocycles. The Morgan fingerprint density at radius 2 is 1.89 bits per heavy atom. The van der Waals surface area contributed by atoms with Crippen LogP contribution in [0, 0.1) is 5.92 Å². The Morgan fingerprint density at radius 3 is 2.67 bits per heavy atom. The number of hydrogen-bond donors (Lipinski definition) is 1. The summed E-state index contributed by atoms with van der Waals surface area (Å²) in [5.41, 5.74) is 7.72. The Hall–Kier alpha value is -1.41. The topological polar surface area (TPSA) is 38.9 Å². The highest BCUT2D eigenvalue weighted by molar-refractivity contribution is 5.85. The summed E-state index contributed by atoms with van der Waals surface area (Å²) in [7, 11) is 0. The molecule has 3 rings (SSSR count). The smallest absolute Gasteiger partial charge is 0.0431 e. The largest absolute Gasteiger partial charge is 0.321 e. The number of nitrogens with two attached hydrogens (primary N) is 1. The number of hydrogen-bond acceptors (Lipinski definition) is 2. The number of fused-ring (bicyclic) bond motifs is 1. The molecule has 1 aromatic heterocycles. The van der Waals surface area contributed by atoms with E-state index in [1.54, 1.807) is 0 Å². The molecule has 0 saturated heterocycles. The lowest BCUT2D eigenvalue weighted by molar-refractivity contribution is 0.249. The van der Waals surface area contributed by atoms with E-state index >= 15 is 0 Å². The predicted octanol–water partition coefficient (Wildman–Crippen LogP) is 3.60. The summed E-state index contributed by atoms with van der Waals surface area (Å²) in [6.07, 6.45) is 8.49. The molecule has 1 heterocycles. The minimum atomic E-state index is -0.180. The van der Waals surface area contributed by atoms with Crippen LogP contribution in [0.25, 0.3) is 10.8 Å². The van der Waals surface area contributed by atoms with Crippen molar-refractivity contribution in [3.8, 4) is 0 Å². The third-order valence-corrected chi connectivity index (χ3v) is 4.37. The molecule has 18 heavy (non-hydrogen) atoms. The summed E-state index contributed by atoms with van der Waals surface area (Å²) in [5.74, 6) is 0.810. The van der Waals surface area contributed by atoms with Gasteiger partial charge in [0.1, 0.15) is 0 Å². The second kappa shape index (κ2) is 4.36. The van der Waals surface area contributed by atoms with Gasteiger partial charge in [-0.2, -0.15) is 0 Å². The molecule has 0 unspecified atom stereocenters. The van der Waals surface area contributed by atoms with Crippen LogP contribution < -0.4 is 5.73 Å². The second-order valence-electron chi connectivity index (χ2n) is 5.75. The van der Waals surface area contributed by atoms with Gasteiger partial charge in [0.2, 0.25) is 0 Å². The lowest BCUT2D eigenvalue weighted by atomic mass is 9.73. The van der Waals surface area contributed by atoms with Crippen molar-refractivity contribution < 1.29 is 0 Å². The predicted molar refractivity (Wildman–Crippen MR) is 75.2 cm³/mol. The van der Waals surface area contributed by atoms with Gasteiger partial charge in [0.25, 0.3) is 0 Å². The van der Waals surface area contributed by atoms with Crippen molar-refractivity contribution in [2.45, 2.75) is 38.1 Å². The van der Waals surface area contributed by atoms with Crippen LogP contribution in [0.4, 0.5) is 0 Å². The van der Waals surface area contributed by atoms with Crippen LogP contribution in [0.2, 0.25) is 0 Å². The first-order valence-corrected chi connectivity index (χ1v) is 6.81. The Balaban J connectivity index is 2.08. The van der Waals surface area contributed by atoms with Crippen LogP contribution in [0.3, 0.4) is 0 Å². The quantitative estimate of drug-likeness (QED) is 0.827. The average molecular weight is 240 g/mol. The minimum Gasteiger partial charge on any atom is -0.321 e. The summed E-state index contributed by atoms with van der Waals surface area (Å²) >= 11 is 0. The minimum absolute atomic E-state index is 0.180. The maximum atomic E-state index is 6.67. The van der Waals surface area contributed by atoms with Gasteiger partial charge in [-0.15, -0.1) is 0 Å². The zero-order valence-electron chi connectivity index (χ0n) is 10.9. The maximum Gasteiger partial charge on any atom is 0.0431 e. The van der Waals surface area contributed by atoms with Gasteiger partial charge < -0.3 is 5.73 Å². The van der Waals surface area contributed by atoms with Gasteiger partial charge in [0.15, 0.2) is 0 Å². The Morgan fingerprint density at radius 1 is 1.17 bits per heavy atom. The third-order valence-electron chi connectivity index (χ3n) is 4.37. The molecular weight excluding hydrogens is 220 g/mol. The molecular formula is C16H20N2. The van der Waals surface area contributed by atoms with Crippen molar-refractivity contribution in [1.82, 2.24) is 4.98 Å². The summed E-state index contributed by atoms with van der Waals surface area (Å²) in [6, 6.07) is 8.42. The first-order chi connectivity index (χ1) is 8.69. The highest BCUT2D eigenvalue weighted by Gasteiger charge is 2.33. The fourth-order valence-electron chi connectivity index (χ4n) is 3.06. The number of benzene rings is 1. The standard InChI is InChI=1S/C16H20N2/c1-12-6-8-16(17,9-7-12)15-11-18-10-13-4-2-3-5-14(13)15/h2-5,10-12H,6-9,17H2,1H3. The molecule has 0 atom stereocenters. The van der Waals surface area contributed by atoms with Crippen LogP contribution in [0.15, 0.2) is 36.7 Å². The van der Waals surface area contributed by atoms with E-state index in [0.29, 0.717) is 0 Å². The zero-order chi connectivity index (χ0) is 12.6. The Kier molecular flexibility index (Phi) is 2.83. The van der Waals surface area contributed by atoms with E-state index < -0.39 is 0 Å². The van der Waals surface area contributed by atoms with Crippen molar-refractivity contribution in [2.75, 3.05) is 0 Å². The number of pyridine rings is 1. The molecule has 1 aliphatic rings. The molecule has 0 aliphatic heterocycles. The first-order valence-electron chi connectivity index (χ1n) is 6.81. The molecule has 0 spiro atoms. The van der Waals surface area contributed by atoms with Gasteiger partial charge in [-0.05, 0) is 42.6 Å². The van der Waals surface area contributed by atoms with Crippen molar-refractivity contribution >= 4 is 10.8 Å². The molecule has 2 heteroatoms. The van der Waals surface area contributed by atoms with Gasteiger partial charge in [-0.3, -0.25) is 4.98 Å². The van der Waals surface area contributed by atoms with Crippen molar-refractivity contribution in [2.24, 2.45) is 11.7 Å². The summed E-state index contributed by atoms with van der Waals surface area (Å²) < 4.78 is 0. The highest BCUT2D eigenvalue weighted by atomic mass is 14.8. The van der Waals surface area contributed by atoms with E-state index in [1.807, 2.05) is 12.4 Å². The number of rotatable bonds is 1. The summed E-state index contributed by atoms with van der Waals surface area (Å²) in [5, 5.41) is 2.46. The number of nitrogens with zero attached hydrogens (tertiary/aromatic N) is 1. The zero-order valence-corrected chi connectivity index (χ0v) is 10.9. The van der Waals surface area contributed by atoms with Crippen LogP contribution in [-0.2, 0) is 5.54 Å². The van der Waals surface area contributed by atoms with Gasteiger partial charge in [-0.25, -0.2) is 0 Å². The van der Waals surface area contributed by atoms with Crippen LogP contribution in [0.5, 0.6) is 0 Å². The third kappa shape index (κ3) is 1.91. The molecule has 2 N–H and O–H groups in total. The molecule has 1 fully saturated rings. The molecule has 0 radical (unpaired) electrons. The Labute approximate surface area is 108 Å². The van der Waals surface area contributed by atoms with E-state index in [0.717, 1.165) is 18.8 Å². The number of aromatic nitrogens is 1. The highest BCUT2D eigenvalue weighted by Crippen LogP contribution is 2.39. The first kappa shape index (κ1) is 11.7. The fraction of sp³-hybridized carbons (Fsp3) is 0.438. The second-order valence-corrected chi connectivity index (χ2v) is 5.75. The maximum absolute atomic E-state index is 6.67. The lowest BCUT2D eigenvalue weighted by Gasteiger charge is -2.37. The molecule has 2 aromatic rings. The van der Waals surface area contributed by atoms with Crippen molar-refractivity contribution in [1.29, 1.82) is 0 Å².